The SMILES string of the molecule is NC(=O)CCN(C(=O)COC(=O)c1cc(-c2ccc(F)cc2)n[nH]1)c1ccc(F)cc1. The van der Waals surface area contributed by atoms with Gasteiger partial charge < -0.3 is 15.4 Å². The van der Waals surface area contributed by atoms with Crippen molar-refractivity contribution < 1.29 is 27.9 Å². The number of carbonyl (C=O) groups excluding carboxylic acids is 3. The maximum absolute atomic E-state index is 13.2. The van der Waals surface area contributed by atoms with Crippen molar-refractivity contribution in [2.45, 2.75) is 6.42 Å². The van der Waals surface area contributed by atoms with Gasteiger partial charge in [-0.05, 0) is 54.6 Å². The van der Waals surface area contributed by atoms with E-state index in [2.05, 4.69) is 10.2 Å². The van der Waals surface area contributed by atoms with Crippen molar-refractivity contribution in [3.05, 3.63) is 71.9 Å². The van der Waals surface area contributed by atoms with Crippen molar-refractivity contribution in [3.63, 3.8) is 0 Å². The molecule has 0 atom stereocenters. The number of ether oxygens (including phenoxy) is 1. The highest BCUT2D eigenvalue weighted by molar-refractivity contribution is 5.97. The number of aromatic amines is 1. The molecule has 0 spiro atoms. The Kier molecular flexibility index (Phi) is 6.71. The van der Waals surface area contributed by atoms with Crippen LogP contribution in [0, 0.1) is 11.6 Å². The van der Waals surface area contributed by atoms with E-state index in [1.54, 1.807) is 0 Å². The molecular weight excluding hydrogens is 410 g/mol. The largest absolute Gasteiger partial charge is 0.451 e. The third kappa shape index (κ3) is 5.72. The van der Waals surface area contributed by atoms with Crippen LogP contribution in [-0.4, -0.2) is 41.1 Å². The summed E-state index contributed by atoms with van der Waals surface area (Å²) in [5, 5.41) is 6.48. The lowest BCUT2D eigenvalue weighted by molar-refractivity contribution is -0.121. The molecule has 0 unspecified atom stereocenters. The number of H-pyrrole nitrogens is 1. The maximum atomic E-state index is 13.2. The fraction of sp³-hybridized carbons (Fsp3) is 0.143. The average molecular weight is 428 g/mol. The van der Waals surface area contributed by atoms with Crippen LogP contribution in [0.2, 0.25) is 0 Å². The molecule has 2 amide bonds. The van der Waals surface area contributed by atoms with E-state index in [-0.39, 0.29) is 18.7 Å². The zero-order valence-corrected chi connectivity index (χ0v) is 16.2. The van der Waals surface area contributed by atoms with Crippen LogP contribution in [0.15, 0.2) is 54.6 Å². The number of esters is 1. The molecule has 10 heteroatoms. The number of nitrogens with zero attached hydrogens (tertiary/aromatic N) is 2. The number of nitrogens with two attached hydrogens (primary N) is 1. The van der Waals surface area contributed by atoms with Crippen molar-refractivity contribution in [1.29, 1.82) is 0 Å². The van der Waals surface area contributed by atoms with Crippen LogP contribution >= 0.6 is 0 Å². The second-order valence-corrected chi connectivity index (χ2v) is 6.49. The molecule has 0 radical (unpaired) electrons. The Hall–Kier alpha value is -4.08. The molecule has 0 bridgehead atoms. The first-order valence-electron chi connectivity index (χ1n) is 9.16. The van der Waals surface area contributed by atoms with Crippen LogP contribution in [0.3, 0.4) is 0 Å². The lowest BCUT2D eigenvalue weighted by Gasteiger charge is -2.22. The van der Waals surface area contributed by atoms with Crippen molar-refractivity contribution >= 4 is 23.5 Å². The Bertz CT molecular complexity index is 1080. The molecular formula is C21H18F2N4O4. The van der Waals surface area contributed by atoms with Gasteiger partial charge in [-0.3, -0.25) is 14.7 Å². The zero-order chi connectivity index (χ0) is 22.4. The van der Waals surface area contributed by atoms with E-state index in [0.29, 0.717) is 16.9 Å². The number of hydrogen-bond donors (Lipinski definition) is 2. The molecule has 160 valence electrons. The van der Waals surface area contributed by atoms with Crippen LogP contribution < -0.4 is 10.6 Å². The van der Waals surface area contributed by atoms with Crippen molar-refractivity contribution in [2.24, 2.45) is 5.73 Å². The Morgan fingerprint density at radius 2 is 1.61 bits per heavy atom. The van der Waals surface area contributed by atoms with Crippen molar-refractivity contribution in [1.82, 2.24) is 10.2 Å². The molecule has 1 aromatic heterocycles. The minimum absolute atomic E-state index is 0.00223. The van der Waals surface area contributed by atoms with Gasteiger partial charge in [0.05, 0.1) is 5.69 Å². The van der Waals surface area contributed by atoms with Gasteiger partial charge in [0.2, 0.25) is 5.91 Å². The normalized spacial score (nSPS) is 10.5. The molecule has 31 heavy (non-hydrogen) atoms. The Morgan fingerprint density at radius 1 is 1.00 bits per heavy atom. The van der Waals surface area contributed by atoms with E-state index in [9.17, 15) is 23.2 Å². The lowest BCUT2D eigenvalue weighted by Crippen LogP contribution is -2.37. The summed E-state index contributed by atoms with van der Waals surface area (Å²) in [7, 11) is 0. The summed E-state index contributed by atoms with van der Waals surface area (Å²) in [5.74, 6) is -2.97. The molecule has 3 aromatic rings. The first-order valence-corrected chi connectivity index (χ1v) is 9.16. The van der Waals surface area contributed by atoms with Gasteiger partial charge in [0.15, 0.2) is 6.61 Å². The summed E-state index contributed by atoms with van der Waals surface area (Å²) < 4.78 is 31.3. The highest BCUT2D eigenvalue weighted by Crippen LogP contribution is 2.19. The fourth-order valence-electron chi connectivity index (χ4n) is 2.72. The molecule has 3 rings (SSSR count). The number of nitrogens with one attached hydrogen (secondary N) is 1. The lowest BCUT2D eigenvalue weighted by atomic mass is 10.1. The van der Waals surface area contributed by atoms with Gasteiger partial charge >= 0.3 is 5.97 Å². The second-order valence-electron chi connectivity index (χ2n) is 6.49. The molecule has 0 aliphatic heterocycles. The molecule has 0 aliphatic carbocycles. The quantitative estimate of drug-likeness (QED) is 0.534. The third-order valence-electron chi connectivity index (χ3n) is 4.29. The smallest absolute Gasteiger partial charge is 0.356 e. The molecule has 0 saturated heterocycles. The van der Waals surface area contributed by atoms with Crippen LogP contribution in [-0.2, 0) is 14.3 Å². The fourth-order valence-corrected chi connectivity index (χ4v) is 2.72. The number of benzene rings is 2. The highest BCUT2D eigenvalue weighted by Gasteiger charge is 2.20. The van der Waals surface area contributed by atoms with Crippen LogP contribution in [0.1, 0.15) is 16.9 Å². The van der Waals surface area contributed by atoms with E-state index < -0.39 is 36.0 Å². The van der Waals surface area contributed by atoms with Gasteiger partial charge in [-0.1, -0.05) is 0 Å². The van der Waals surface area contributed by atoms with E-state index in [1.807, 2.05) is 0 Å². The van der Waals surface area contributed by atoms with E-state index in [4.69, 9.17) is 10.5 Å². The number of aromatic nitrogens is 2. The Morgan fingerprint density at radius 3 is 2.23 bits per heavy atom. The van der Waals surface area contributed by atoms with Crippen molar-refractivity contribution in [2.75, 3.05) is 18.1 Å². The molecule has 8 nitrogen and oxygen atoms in total. The Balaban J connectivity index is 1.65. The molecule has 0 aliphatic rings. The minimum Gasteiger partial charge on any atom is -0.451 e. The van der Waals surface area contributed by atoms with Gasteiger partial charge in [-0.15, -0.1) is 0 Å². The van der Waals surface area contributed by atoms with Gasteiger partial charge in [-0.2, -0.15) is 5.10 Å². The molecule has 1 heterocycles. The molecule has 0 saturated carbocycles. The maximum Gasteiger partial charge on any atom is 0.356 e. The summed E-state index contributed by atoms with van der Waals surface area (Å²) in [6.07, 6.45) is -0.126. The summed E-state index contributed by atoms with van der Waals surface area (Å²) in [6, 6.07) is 12.0. The number of carbonyl (C=O) groups is 3. The van der Waals surface area contributed by atoms with Crippen LogP contribution in [0.4, 0.5) is 14.5 Å². The highest BCUT2D eigenvalue weighted by atomic mass is 19.1. The van der Waals surface area contributed by atoms with E-state index in [0.717, 1.165) is 12.1 Å². The first-order chi connectivity index (χ1) is 14.8. The average Bonchev–Trinajstić information content (AvgIpc) is 3.24. The second kappa shape index (κ2) is 9.61. The van der Waals surface area contributed by atoms with Gasteiger partial charge in [-0.25, -0.2) is 13.6 Å². The predicted molar refractivity (Wildman–Crippen MR) is 107 cm³/mol. The number of halogens is 2. The standard InChI is InChI=1S/C21H18F2N4O4/c22-14-3-1-13(2-4-14)17-11-18(26-25-17)21(30)31-12-20(29)27(10-9-19(24)28)16-7-5-15(23)6-8-16/h1-8,11H,9-10,12H2,(H2,24,28)(H,25,26). The minimum atomic E-state index is -0.830. The number of primary amides is 1. The van der Waals surface area contributed by atoms with E-state index in [1.165, 1.54) is 47.4 Å². The van der Waals surface area contributed by atoms with Gasteiger partial charge in [0.25, 0.3) is 5.91 Å². The van der Waals surface area contributed by atoms with Gasteiger partial charge in [0, 0.05) is 24.2 Å². The topological polar surface area (TPSA) is 118 Å². The third-order valence-corrected chi connectivity index (χ3v) is 4.29. The number of hydrogen-bond acceptors (Lipinski definition) is 5. The van der Waals surface area contributed by atoms with E-state index >= 15 is 0 Å². The number of rotatable bonds is 8. The van der Waals surface area contributed by atoms with Gasteiger partial charge in [0.1, 0.15) is 17.3 Å². The first kappa shape index (κ1) is 21.6. The summed E-state index contributed by atoms with van der Waals surface area (Å²) in [5.41, 5.74) is 6.45. The molecule has 0 fully saturated rings. The van der Waals surface area contributed by atoms with Crippen LogP contribution in [0.5, 0.6) is 0 Å². The Labute approximate surface area is 175 Å². The molecule has 2 aromatic carbocycles. The summed E-state index contributed by atoms with van der Waals surface area (Å²) in [6.45, 7) is -0.685. The predicted octanol–water partition coefficient (Wildman–Crippen LogP) is 2.42. The number of amides is 2. The number of anilines is 1. The zero-order valence-electron chi connectivity index (χ0n) is 16.2. The monoisotopic (exact) mass is 428 g/mol. The van der Waals surface area contributed by atoms with Crippen LogP contribution in [0.25, 0.3) is 11.3 Å². The summed E-state index contributed by atoms with van der Waals surface area (Å²) >= 11 is 0. The molecule has 3 N–H and O–H groups in total. The summed E-state index contributed by atoms with van der Waals surface area (Å²) in [4.78, 5) is 37.1. The van der Waals surface area contributed by atoms with Crippen molar-refractivity contribution in [3.8, 4) is 11.3 Å².